The van der Waals surface area contributed by atoms with Crippen LogP contribution in [0.25, 0.3) is 6.08 Å². The first kappa shape index (κ1) is 9.21. The topological polar surface area (TPSA) is 35.2 Å². The van der Waals surface area contributed by atoms with Crippen molar-refractivity contribution in [2.24, 2.45) is 5.73 Å². The molecule has 0 saturated carbocycles. The Hall–Kier alpha value is -1.35. The lowest BCUT2D eigenvalue weighted by molar-refractivity contribution is 0.357. The fourth-order valence-electron chi connectivity index (χ4n) is 1.58. The van der Waals surface area contributed by atoms with Gasteiger partial charge in [-0.15, -0.1) is 0 Å². The summed E-state index contributed by atoms with van der Waals surface area (Å²) in [5.41, 5.74) is 6.57. The highest BCUT2D eigenvalue weighted by atomic mass is 19.1. The largest absolute Gasteiger partial charge is 0.493 e. The molecular formula is C11H12FNO. The highest BCUT2D eigenvalue weighted by Crippen LogP contribution is 2.29. The molecule has 1 aromatic rings. The Morgan fingerprint density at radius 1 is 1.50 bits per heavy atom. The van der Waals surface area contributed by atoms with Crippen molar-refractivity contribution in [1.82, 2.24) is 0 Å². The quantitative estimate of drug-likeness (QED) is 0.776. The van der Waals surface area contributed by atoms with Gasteiger partial charge in [-0.25, -0.2) is 4.39 Å². The van der Waals surface area contributed by atoms with Gasteiger partial charge in [0.2, 0.25) is 0 Å². The van der Waals surface area contributed by atoms with E-state index in [0.717, 1.165) is 0 Å². The smallest absolute Gasteiger partial charge is 0.137 e. The molecule has 0 spiro atoms. The maximum absolute atomic E-state index is 13.7. The van der Waals surface area contributed by atoms with E-state index in [1.54, 1.807) is 18.2 Å². The second kappa shape index (κ2) is 3.80. The molecule has 2 N–H and O–H groups in total. The predicted octanol–water partition coefficient (Wildman–Crippen LogP) is 1.73. The summed E-state index contributed by atoms with van der Waals surface area (Å²) in [6.45, 7) is 1.00. The zero-order valence-corrected chi connectivity index (χ0v) is 7.79. The molecule has 0 saturated heterocycles. The molecule has 0 radical (unpaired) electrons. The third kappa shape index (κ3) is 1.51. The Balaban J connectivity index is 2.39. The molecule has 0 aromatic heterocycles. The number of ether oxygens (including phenoxy) is 1. The lowest BCUT2D eigenvalue weighted by Gasteiger charge is -2.02. The predicted molar refractivity (Wildman–Crippen MR) is 53.7 cm³/mol. The van der Waals surface area contributed by atoms with Gasteiger partial charge >= 0.3 is 0 Å². The zero-order valence-electron chi connectivity index (χ0n) is 7.79. The van der Waals surface area contributed by atoms with E-state index in [1.807, 2.05) is 6.07 Å². The van der Waals surface area contributed by atoms with Crippen molar-refractivity contribution in [3.05, 3.63) is 35.2 Å². The summed E-state index contributed by atoms with van der Waals surface area (Å²) in [4.78, 5) is 0. The van der Waals surface area contributed by atoms with E-state index in [2.05, 4.69) is 0 Å². The molecule has 74 valence electrons. The number of nitrogens with two attached hydrogens (primary N) is 1. The summed E-state index contributed by atoms with van der Waals surface area (Å²) in [5.74, 6) is 0.497. The first-order valence-electron chi connectivity index (χ1n) is 4.63. The van der Waals surface area contributed by atoms with Crippen LogP contribution in [0.4, 0.5) is 4.39 Å². The normalized spacial score (nSPS) is 14.4. The maximum atomic E-state index is 13.7. The van der Waals surface area contributed by atoms with Gasteiger partial charge in [-0.2, -0.15) is 0 Å². The number of fused-ring (bicyclic) bond motifs is 1. The van der Waals surface area contributed by atoms with Crippen LogP contribution in [0.15, 0.2) is 18.2 Å². The second-order valence-corrected chi connectivity index (χ2v) is 3.18. The average Bonchev–Trinajstić information content (AvgIpc) is 2.66. The fourth-order valence-corrected chi connectivity index (χ4v) is 1.58. The van der Waals surface area contributed by atoms with Gasteiger partial charge in [0.05, 0.1) is 6.61 Å². The van der Waals surface area contributed by atoms with Crippen molar-refractivity contribution in [3.63, 3.8) is 0 Å². The molecule has 2 rings (SSSR count). The van der Waals surface area contributed by atoms with Gasteiger partial charge in [0.15, 0.2) is 0 Å². The van der Waals surface area contributed by atoms with Crippen molar-refractivity contribution in [1.29, 1.82) is 0 Å². The number of hydrogen-bond acceptors (Lipinski definition) is 2. The van der Waals surface area contributed by atoms with Crippen LogP contribution in [0, 0.1) is 5.82 Å². The van der Waals surface area contributed by atoms with Crippen LogP contribution in [0.1, 0.15) is 11.1 Å². The third-order valence-electron chi connectivity index (χ3n) is 2.27. The molecule has 0 bridgehead atoms. The molecule has 0 atom stereocenters. The zero-order chi connectivity index (χ0) is 9.97. The van der Waals surface area contributed by atoms with Crippen LogP contribution in [0.3, 0.4) is 0 Å². The lowest BCUT2D eigenvalue weighted by atomic mass is 10.1. The van der Waals surface area contributed by atoms with Gasteiger partial charge in [0.1, 0.15) is 11.6 Å². The van der Waals surface area contributed by atoms with Crippen LogP contribution in [0.2, 0.25) is 0 Å². The van der Waals surface area contributed by atoms with E-state index >= 15 is 0 Å². The number of rotatable bonds is 2. The van der Waals surface area contributed by atoms with E-state index in [1.165, 1.54) is 0 Å². The molecule has 1 aromatic carbocycles. The van der Waals surface area contributed by atoms with Gasteiger partial charge in [-0.05, 0) is 12.1 Å². The second-order valence-electron chi connectivity index (χ2n) is 3.18. The Bertz CT molecular complexity index is 374. The van der Waals surface area contributed by atoms with Crippen LogP contribution < -0.4 is 10.5 Å². The summed E-state index contributed by atoms with van der Waals surface area (Å²) in [7, 11) is 0. The van der Waals surface area contributed by atoms with Crippen molar-refractivity contribution in [2.75, 3.05) is 13.2 Å². The maximum Gasteiger partial charge on any atom is 0.137 e. The summed E-state index contributed by atoms with van der Waals surface area (Å²) < 4.78 is 19.0. The minimum atomic E-state index is -0.176. The molecule has 14 heavy (non-hydrogen) atoms. The molecule has 1 aliphatic rings. The van der Waals surface area contributed by atoms with Gasteiger partial charge in [-0.3, -0.25) is 0 Å². The van der Waals surface area contributed by atoms with Crippen molar-refractivity contribution in [3.8, 4) is 5.75 Å². The van der Waals surface area contributed by atoms with Crippen molar-refractivity contribution in [2.45, 2.75) is 6.42 Å². The molecule has 0 unspecified atom stereocenters. The van der Waals surface area contributed by atoms with Crippen LogP contribution in [-0.4, -0.2) is 13.2 Å². The average molecular weight is 193 g/mol. The van der Waals surface area contributed by atoms with E-state index in [4.69, 9.17) is 10.5 Å². The Labute approximate surface area is 82.2 Å². The van der Waals surface area contributed by atoms with E-state index < -0.39 is 0 Å². The molecule has 3 heteroatoms. The van der Waals surface area contributed by atoms with Crippen LogP contribution in [0.5, 0.6) is 5.75 Å². The minimum Gasteiger partial charge on any atom is -0.493 e. The monoisotopic (exact) mass is 193 g/mol. The Morgan fingerprint density at radius 3 is 3.14 bits per heavy atom. The standard InChI is InChI=1S/C11H12FNO/c12-11-8(2-1-6-13)3-4-10-9(11)5-7-14-10/h1-4H,5-7,13H2/b2-1+. The Kier molecular flexibility index (Phi) is 2.50. The summed E-state index contributed by atoms with van der Waals surface area (Å²) in [6.07, 6.45) is 4.10. The number of hydrogen-bond donors (Lipinski definition) is 1. The summed E-state index contributed by atoms with van der Waals surface area (Å²) >= 11 is 0. The van der Waals surface area contributed by atoms with Gasteiger partial charge in [0.25, 0.3) is 0 Å². The lowest BCUT2D eigenvalue weighted by Crippen LogP contribution is -1.94. The molecular weight excluding hydrogens is 181 g/mol. The van der Waals surface area contributed by atoms with Gasteiger partial charge < -0.3 is 10.5 Å². The molecule has 0 amide bonds. The first-order chi connectivity index (χ1) is 6.83. The number of benzene rings is 1. The van der Waals surface area contributed by atoms with Gasteiger partial charge in [0, 0.05) is 24.1 Å². The molecule has 0 aliphatic carbocycles. The highest BCUT2D eigenvalue weighted by Gasteiger charge is 2.17. The minimum absolute atomic E-state index is 0.176. The highest BCUT2D eigenvalue weighted by molar-refractivity contribution is 5.55. The first-order valence-corrected chi connectivity index (χ1v) is 4.63. The van der Waals surface area contributed by atoms with E-state index in [0.29, 0.717) is 36.4 Å². The summed E-state index contributed by atoms with van der Waals surface area (Å²) in [6, 6.07) is 3.52. The molecule has 1 aliphatic heterocycles. The molecule has 2 nitrogen and oxygen atoms in total. The van der Waals surface area contributed by atoms with Crippen LogP contribution in [-0.2, 0) is 6.42 Å². The summed E-state index contributed by atoms with van der Waals surface area (Å²) in [5, 5.41) is 0. The van der Waals surface area contributed by atoms with Gasteiger partial charge in [-0.1, -0.05) is 12.2 Å². The molecule has 0 fully saturated rings. The van der Waals surface area contributed by atoms with E-state index in [-0.39, 0.29) is 5.82 Å². The van der Waals surface area contributed by atoms with Crippen LogP contribution >= 0.6 is 0 Å². The third-order valence-corrected chi connectivity index (χ3v) is 2.27. The SMILES string of the molecule is NC/C=C/c1ccc2c(c1F)CCO2. The Morgan fingerprint density at radius 2 is 2.36 bits per heavy atom. The van der Waals surface area contributed by atoms with Crippen molar-refractivity contribution < 1.29 is 9.13 Å². The van der Waals surface area contributed by atoms with Crippen molar-refractivity contribution >= 4 is 6.08 Å². The van der Waals surface area contributed by atoms with E-state index in [9.17, 15) is 4.39 Å². The molecule has 1 heterocycles. The number of halogens is 1. The fraction of sp³-hybridized carbons (Fsp3) is 0.273.